The quantitative estimate of drug-likeness (QED) is 0.370. The van der Waals surface area contributed by atoms with E-state index in [1.807, 2.05) is 38.1 Å². The number of carbonyl (C=O) groups is 3. The second-order valence-electron chi connectivity index (χ2n) is 6.92. The van der Waals surface area contributed by atoms with Crippen molar-refractivity contribution in [2.45, 2.75) is 27.7 Å². The lowest BCUT2D eigenvalue weighted by molar-refractivity contribution is -0.127. The molecule has 0 aliphatic carbocycles. The van der Waals surface area contributed by atoms with Crippen LogP contribution in [0, 0.1) is 33.6 Å². The number of nitrogens with one attached hydrogen (secondary N) is 1. The molecule has 3 amide bonds. The minimum absolute atomic E-state index is 0.267. The molecule has 7 nitrogen and oxygen atoms in total. The van der Waals surface area contributed by atoms with Gasteiger partial charge >= 0.3 is 0 Å². The SMILES string of the molecule is Cc1cccc(C)c1NC(=O)[C@H]1C(=O)N(c2c(C)cccc2C)C(=O)/C1=N\N. The Labute approximate surface area is 163 Å². The topological polar surface area (TPSA) is 105 Å². The Morgan fingerprint density at radius 2 is 1.46 bits per heavy atom. The van der Waals surface area contributed by atoms with Crippen molar-refractivity contribution in [2.24, 2.45) is 16.9 Å². The first-order valence-corrected chi connectivity index (χ1v) is 8.87. The predicted octanol–water partition coefficient (Wildman–Crippen LogP) is 2.36. The van der Waals surface area contributed by atoms with E-state index < -0.39 is 23.6 Å². The number of hydrazone groups is 1. The molecule has 1 aliphatic heterocycles. The maximum absolute atomic E-state index is 13.1. The number of nitrogens with zero attached hydrogens (tertiary/aromatic N) is 2. The summed E-state index contributed by atoms with van der Waals surface area (Å²) in [6.45, 7) is 7.30. The summed E-state index contributed by atoms with van der Waals surface area (Å²) >= 11 is 0. The predicted molar refractivity (Wildman–Crippen MR) is 108 cm³/mol. The molecule has 2 aromatic rings. The van der Waals surface area contributed by atoms with Crippen LogP contribution in [0.5, 0.6) is 0 Å². The molecule has 1 atom stereocenters. The number of hydrogen-bond acceptors (Lipinski definition) is 5. The van der Waals surface area contributed by atoms with E-state index in [4.69, 9.17) is 5.84 Å². The minimum atomic E-state index is -1.39. The van der Waals surface area contributed by atoms with Gasteiger partial charge in [-0.3, -0.25) is 14.4 Å². The number of para-hydroxylation sites is 2. The summed E-state index contributed by atoms with van der Waals surface area (Å²) in [6.07, 6.45) is 0. The normalized spacial score (nSPS) is 18.1. The van der Waals surface area contributed by atoms with Gasteiger partial charge in [0.25, 0.3) is 11.8 Å². The number of nitrogens with two attached hydrogens (primary N) is 1. The van der Waals surface area contributed by atoms with Crippen molar-refractivity contribution in [2.75, 3.05) is 10.2 Å². The number of hydrogen-bond donors (Lipinski definition) is 2. The number of benzene rings is 2. The van der Waals surface area contributed by atoms with Crippen molar-refractivity contribution in [3.05, 3.63) is 58.7 Å². The Hall–Kier alpha value is -3.48. The van der Waals surface area contributed by atoms with Crippen LogP contribution in [0.25, 0.3) is 0 Å². The number of carbonyl (C=O) groups excluding carboxylic acids is 3. The second kappa shape index (κ2) is 7.26. The summed E-state index contributed by atoms with van der Waals surface area (Å²) in [4.78, 5) is 39.9. The number of rotatable bonds is 3. The average molecular weight is 378 g/mol. The highest BCUT2D eigenvalue weighted by Gasteiger charge is 2.50. The second-order valence-corrected chi connectivity index (χ2v) is 6.92. The molecule has 0 spiro atoms. The maximum atomic E-state index is 13.1. The molecule has 2 aromatic carbocycles. The van der Waals surface area contributed by atoms with Gasteiger partial charge in [-0.1, -0.05) is 36.4 Å². The third-order valence-corrected chi connectivity index (χ3v) is 4.96. The zero-order valence-electron chi connectivity index (χ0n) is 16.2. The molecule has 0 bridgehead atoms. The van der Waals surface area contributed by atoms with Gasteiger partial charge in [0.05, 0.1) is 5.69 Å². The van der Waals surface area contributed by atoms with Crippen LogP contribution >= 0.6 is 0 Å². The summed E-state index contributed by atoms with van der Waals surface area (Å²) in [7, 11) is 0. The standard InChI is InChI=1S/C21H22N4O3/c1-11-7-5-8-12(2)16(11)23-19(26)15-17(24-22)21(28)25(20(15)27)18-13(3)9-6-10-14(18)4/h5-10,15H,22H2,1-4H3,(H,23,26)/b24-17-/t15-/m0/s1. The lowest BCUT2D eigenvalue weighted by Crippen LogP contribution is -2.35. The van der Waals surface area contributed by atoms with Gasteiger partial charge in [0.1, 0.15) is 5.71 Å². The van der Waals surface area contributed by atoms with Crippen LogP contribution in [-0.4, -0.2) is 23.4 Å². The highest BCUT2D eigenvalue weighted by atomic mass is 16.2. The van der Waals surface area contributed by atoms with Crippen molar-refractivity contribution in [3.63, 3.8) is 0 Å². The van der Waals surface area contributed by atoms with Crippen LogP contribution in [0.2, 0.25) is 0 Å². The molecule has 7 heteroatoms. The highest BCUT2D eigenvalue weighted by Crippen LogP contribution is 2.31. The lowest BCUT2D eigenvalue weighted by atomic mass is 10.0. The molecule has 0 radical (unpaired) electrons. The average Bonchev–Trinajstić information content (AvgIpc) is 2.89. The molecule has 0 unspecified atom stereocenters. The number of imide groups is 1. The third kappa shape index (κ3) is 3.05. The first kappa shape index (κ1) is 19.3. The molecule has 28 heavy (non-hydrogen) atoms. The number of anilines is 2. The molecule has 1 aliphatic rings. The zero-order valence-corrected chi connectivity index (χ0v) is 16.2. The summed E-state index contributed by atoms with van der Waals surface area (Å²) in [6, 6.07) is 11.0. The van der Waals surface area contributed by atoms with Crippen LogP contribution in [0.1, 0.15) is 22.3 Å². The van der Waals surface area contributed by atoms with Gasteiger partial charge in [0.15, 0.2) is 5.92 Å². The van der Waals surface area contributed by atoms with Crippen LogP contribution in [0.15, 0.2) is 41.5 Å². The first-order chi connectivity index (χ1) is 13.3. The fourth-order valence-electron chi connectivity index (χ4n) is 3.53. The third-order valence-electron chi connectivity index (χ3n) is 4.96. The van der Waals surface area contributed by atoms with E-state index in [0.29, 0.717) is 11.4 Å². The fourth-order valence-corrected chi connectivity index (χ4v) is 3.53. The smallest absolute Gasteiger partial charge is 0.282 e. The Kier molecular flexibility index (Phi) is 5.00. The summed E-state index contributed by atoms with van der Waals surface area (Å²) in [5, 5.41) is 6.25. The maximum Gasteiger partial charge on any atom is 0.282 e. The van der Waals surface area contributed by atoms with E-state index in [1.165, 1.54) is 0 Å². The van der Waals surface area contributed by atoms with Crippen molar-refractivity contribution < 1.29 is 14.4 Å². The molecule has 0 aromatic heterocycles. The molecule has 1 heterocycles. The molecular weight excluding hydrogens is 356 g/mol. The van der Waals surface area contributed by atoms with Gasteiger partial charge < -0.3 is 11.2 Å². The number of amides is 3. The summed E-state index contributed by atoms with van der Waals surface area (Å²) < 4.78 is 0. The Bertz CT molecular complexity index is 986. The van der Waals surface area contributed by atoms with E-state index in [0.717, 1.165) is 27.2 Å². The molecule has 0 saturated carbocycles. The Morgan fingerprint density at radius 3 is 1.96 bits per heavy atom. The van der Waals surface area contributed by atoms with Crippen LogP contribution in [0.3, 0.4) is 0 Å². The molecular formula is C21H22N4O3. The summed E-state index contributed by atoms with van der Waals surface area (Å²) in [5.41, 5.74) is 3.99. The van der Waals surface area contributed by atoms with E-state index >= 15 is 0 Å². The van der Waals surface area contributed by atoms with Gasteiger partial charge in [-0.2, -0.15) is 5.10 Å². The molecule has 3 rings (SSSR count). The highest BCUT2D eigenvalue weighted by molar-refractivity contribution is 6.61. The van der Waals surface area contributed by atoms with E-state index in [9.17, 15) is 14.4 Å². The van der Waals surface area contributed by atoms with E-state index in [-0.39, 0.29) is 5.71 Å². The monoisotopic (exact) mass is 378 g/mol. The van der Waals surface area contributed by atoms with Gasteiger partial charge in [0.2, 0.25) is 5.91 Å². The van der Waals surface area contributed by atoms with Gasteiger partial charge in [-0.25, -0.2) is 4.90 Å². The Balaban J connectivity index is 2.01. The Morgan fingerprint density at radius 1 is 0.964 bits per heavy atom. The van der Waals surface area contributed by atoms with Crippen LogP contribution in [-0.2, 0) is 14.4 Å². The lowest BCUT2D eigenvalue weighted by Gasteiger charge is -2.19. The van der Waals surface area contributed by atoms with E-state index in [2.05, 4.69) is 10.4 Å². The van der Waals surface area contributed by atoms with E-state index in [1.54, 1.807) is 26.0 Å². The molecule has 144 valence electrons. The summed E-state index contributed by atoms with van der Waals surface area (Å²) in [5.74, 6) is 2.04. The van der Waals surface area contributed by atoms with Crippen molar-refractivity contribution in [1.29, 1.82) is 0 Å². The molecule has 1 fully saturated rings. The zero-order chi connectivity index (χ0) is 20.6. The molecule has 1 saturated heterocycles. The van der Waals surface area contributed by atoms with Crippen molar-refractivity contribution in [3.8, 4) is 0 Å². The van der Waals surface area contributed by atoms with Crippen LogP contribution < -0.4 is 16.1 Å². The van der Waals surface area contributed by atoms with Gasteiger partial charge in [-0.15, -0.1) is 0 Å². The van der Waals surface area contributed by atoms with Gasteiger partial charge in [-0.05, 0) is 49.9 Å². The minimum Gasteiger partial charge on any atom is -0.325 e. The first-order valence-electron chi connectivity index (χ1n) is 8.87. The van der Waals surface area contributed by atoms with Crippen molar-refractivity contribution >= 4 is 34.8 Å². The largest absolute Gasteiger partial charge is 0.325 e. The molecule has 3 N–H and O–H groups in total. The van der Waals surface area contributed by atoms with Crippen LogP contribution in [0.4, 0.5) is 11.4 Å². The van der Waals surface area contributed by atoms with Crippen molar-refractivity contribution in [1.82, 2.24) is 0 Å². The fraction of sp³-hybridized carbons (Fsp3) is 0.238. The van der Waals surface area contributed by atoms with Gasteiger partial charge in [0, 0.05) is 5.69 Å². The number of aryl methyl sites for hydroxylation is 4.